The minimum absolute atomic E-state index is 0.00169. The summed E-state index contributed by atoms with van der Waals surface area (Å²) in [6.45, 7) is 26.8. The van der Waals surface area contributed by atoms with Gasteiger partial charge < -0.3 is 39.1 Å². The molecule has 22 heteroatoms. The van der Waals surface area contributed by atoms with Crippen LogP contribution in [0.5, 0.6) is 11.5 Å². The Morgan fingerprint density at radius 3 is 2.19 bits per heavy atom. The maximum atomic E-state index is 14.7. The van der Waals surface area contributed by atoms with E-state index in [9.17, 15) is 22.4 Å². The van der Waals surface area contributed by atoms with Crippen LogP contribution in [0.2, 0.25) is 0 Å². The van der Waals surface area contributed by atoms with Crippen LogP contribution in [-0.4, -0.2) is 165 Å². The number of sulfone groups is 1. The minimum atomic E-state index is -3.88. The Morgan fingerprint density at radius 1 is 0.843 bits per heavy atom. The molecule has 0 radical (unpaired) electrons. The molecule has 3 saturated heterocycles. The zero-order valence-corrected chi connectivity index (χ0v) is 50.7. The monoisotopic (exact) mass is 1160 g/mol. The number of likely N-dealkylation sites (tertiary alicyclic amines) is 1. The molecule has 8 heterocycles. The molecule has 2 amide bonds. The summed E-state index contributed by atoms with van der Waals surface area (Å²) >= 11 is 0. The number of H-pyrrole nitrogens is 1. The fraction of sp³-hybridized carbons (Fsp3) is 0.541. The number of aromatic nitrogens is 7. The Morgan fingerprint density at radius 2 is 1.53 bits per heavy atom. The highest BCUT2D eigenvalue weighted by Crippen LogP contribution is 2.44. The van der Waals surface area contributed by atoms with Crippen molar-refractivity contribution in [1.82, 2.24) is 49.8 Å². The van der Waals surface area contributed by atoms with Gasteiger partial charge in [-0.05, 0) is 148 Å². The van der Waals surface area contributed by atoms with Crippen LogP contribution in [0.4, 0.5) is 32.5 Å². The van der Waals surface area contributed by atoms with Gasteiger partial charge in [-0.3, -0.25) is 19.8 Å². The van der Waals surface area contributed by atoms with Gasteiger partial charge in [0.1, 0.15) is 53.2 Å². The number of hydrogen-bond donors (Lipinski definition) is 2. The van der Waals surface area contributed by atoms with E-state index in [1.807, 2.05) is 57.5 Å². The van der Waals surface area contributed by atoms with Crippen LogP contribution in [0.15, 0.2) is 72.3 Å². The van der Waals surface area contributed by atoms with Crippen molar-refractivity contribution in [3.63, 3.8) is 0 Å². The van der Waals surface area contributed by atoms with E-state index in [1.165, 1.54) is 18.5 Å². The number of amides is 2. The third-order valence-electron chi connectivity index (χ3n) is 17.0. The molecular weight excluding hydrogens is 1080 g/mol. The number of fused-ring (bicyclic) bond motifs is 2. The van der Waals surface area contributed by atoms with Crippen LogP contribution in [-0.2, 0) is 31.2 Å². The number of carbonyl (C=O) groups excluding carboxylic acids is 2. The zero-order valence-electron chi connectivity index (χ0n) is 49.9. The van der Waals surface area contributed by atoms with E-state index in [4.69, 9.17) is 29.2 Å². The van der Waals surface area contributed by atoms with Gasteiger partial charge in [-0.25, -0.2) is 37.5 Å². The van der Waals surface area contributed by atoms with Gasteiger partial charge in [-0.1, -0.05) is 26.0 Å². The molecule has 4 aromatic heterocycles. The molecule has 0 unspecified atom stereocenters. The van der Waals surface area contributed by atoms with E-state index in [0.717, 1.165) is 85.6 Å². The van der Waals surface area contributed by atoms with Gasteiger partial charge in [0, 0.05) is 80.0 Å². The minimum Gasteiger partial charge on any atom is -0.489 e. The number of carbonyl (C=O) groups is 2. The number of nitrogens with one attached hydrogen (secondary N) is 2. The van der Waals surface area contributed by atoms with Gasteiger partial charge in [-0.2, -0.15) is 5.10 Å². The van der Waals surface area contributed by atoms with Crippen LogP contribution < -0.4 is 24.6 Å². The fourth-order valence-corrected chi connectivity index (χ4v) is 13.2. The number of anilines is 4. The molecule has 2 atom stereocenters. The molecule has 3 fully saturated rings. The molecule has 83 heavy (non-hydrogen) atoms. The first-order chi connectivity index (χ1) is 39.2. The molecule has 2 N–H and O–H groups in total. The van der Waals surface area contributed by atoms with E-state index in [1.54, 1.807) is 57.4 Å². The smallest absolute Gasteiger partial charge is 0.410 e. The molecule has 0 bridgehead atoms. The molecule has 4 aliphatic rings. The Labute approximate surface area is 486 Å². The summed E-state index contributed by atoms with van der Waals surface area (Å²) in [5.41, 5.74) is 5.08. The number of aromatic amines is 1. The van der Waals surface area contributed by atoms with Crippen molar-refractivity contribution in [3.05, 3.63) is 101 Å². The summed E-state index contributed by atoms with van der Waals surface area (Å²) in [6.07, 6.45) is 11.0. The van der Waals surface area contributed by atoms with Crippen molar-refractivity contribution in [1.29, 1.82) is 0 Å². The number of pyridine rings is 1. The number of piperazine rings is 1. The summed E-state index contributed by atoms with van der Waals surface area (Å²) in [6, 6.07) is 11.5. The number of halogens is 1. The fourth-order valence-electron chi connectivity index (χ4n) is 11.8. The summed E-state index contributed by atoms with van der Waals surface area (Å²) in [7, 11) is -3.88. The second-order valence-electron chi connectivity index (χ2n) is 25.7. The normalized spacial score (nSPS) is 19.5. The van der Waals surface area contributed by atoms with E-state index < -0.39 is 20.2 Å². The molecule has 6 aromatic rings. The Kier molecular flexibility index (Phi) is 16.5. The number of benzene rings is 2. The lowest BCUT2D eigenvalue weighted by Crippen LogP contribution is -2.64. The highest BCUT2D eigenvalue weighted by molar-refractivity contribution is 7.92. The van der Waals surface area contributed by atoms with Gasteiger partial charge in [0.25, 0.3) is 0 Å². The van der Waals surface area contributed by atoms with E-state index in [2.05, 4.69) is 60.1 Å². The maximum absolute atomic E-state index is 14.7. The van der Waals surface area contributed by atoms with Crippen molar-refractivity contribution in [3.8, 4) is 11.5 Å². The highest BCUT2D eigenvalue weighted by atomic mass is 32.2. The highest BCUT2D eigenvalue weighted by Gasteiger charge is 2.44. The Balaban J connectivity index is 0.738. The van der Waals surface area contributed by atoms with Gasteiger partial charge in [-0.15, -0.1) is 0 Å². The lowest BCUT2D eigenvalue weighted by Gasteiger charge is -2.50. The van der Waals surface area contributed by atoms with Gasteiger partial charge in [0.2, 0.25) is 11.9 Å². The van der Waals surface area contributed by atoms with Crippen molar-refractivity contribution >= 4 is 56.0 Å². The van der Waals surface area contributed by atoms with Crippen molar-refractivity contribution in [2.75, 3.05) is 87.2 Å². The Hall–Kier alpha value is -7.04. The number of nitrogens with zero attached hydrogens (tertiary/aromatic N) is 11. The molecule has 10 rings (SSSR count). The average Bonchev–Trinajstić information content (AvgIpc) is 3.68. The van der Waals surface area contributed by atoms with Crippen LogP contribution >= 0.6 is 0 Å². The average molecular weight is 1160 g/mol. The third-order valence-corrected chi connectivity index (χ3v) is 19.5. The predicted octanol–water partition coefficient (Wildman–Crippen LogP) is 8.97. The van der Waals surface area contributed by atoms with Gasteiger partial charge in [0.15, 0.2) is 15.6 Å². The van der Waals surface area contributed by atoms with E-state index in [-0.39, 0.29) is 71.1 Å². The largest absolute Gasteiger partial charge is 0.489 e. The van der Waals surface area contributed by atoms with Gasteiger partial charge >= 0.3 is 6.09 Å². The van der Waals surface area contributed by atoms with E-state index >= 15 is 0 Å². The van der Waals surface area contributed by atoms with Crippen LogP contribution in [0.3, 0.4) is 0 Å². The summed E-state index contributed by atoms with van der Waals surface area (Å²) < 4.78 is 58.7. The third kappa shape index (κ3) is 13.0. The van der Waals surface area contributed by atoms with Gasteiger partial charge in [0.05, 0.1) is 46.3 Å². The molecule has 2 aromatic carbocycles. The number of ether oxygens (including phenoxy) is 3. The second kappa shape index (κ2) is 23.2. The first-order valence-corrected chi connectivity index (χ1v) is 30.4. The first-order valence-electron chi connectivity index (χ1n) is 28.9. The lowest BCUT2D eigenvalue weighted by molar-refractivity contribution is -0.121. The molecule has 0 aliphatic carbocycles. The molecular formula is C61H80FN13O7S. The van der Waals surface area contributed by atoms with E-state index in [0.29, 0.717) is 66.8 Å². The number of piperidine rings is 2. The number of aryl methyl sites for hydroxylation is 1. The molecule has 4 aliphatic heterocycles. The Bertz CT molecular complexity index is 3440. The predicted molar refractivity (Wildman–Crippen MR) is 317 cm³/mol. The molecule has 1 spiro atoms. The van der Waals surface area contributed by atoms with Crippen LogP contribution in [0, 0.1) is 25.1 Å². The zero-order chi connectivity index (χ0) is 59.2. The second-order valence-corrected chi connectivity index (χ2v) is 28.4. The quantitative estimate of drug-likeness (QED) is 0.0917. The standard InChI is InChI=1S/C61H80FN13O7S/c1-39-33-73(36-52(76)75-37-60(10,11)53-49(75)27-43(30-63-53)26-42-12-14-44(62)15-13-42)45(35-74(39)57(77)82-58(4,5)6)34-71-20-16-61(17-21-71)18-22-72(23-19-61)56-64-31-46(32-65-56)80-24-25-81-50-29-48-47(28-51(50)83(78,79)59(7,8)9)55(67-38-66-48)68-54-40(2)41(3)69-70-54/h12-15,27-32,38-39,45H,16-26,33-37H2,1-11H3,(H2,66,67,68,69,70)/t39-,45+/m1/s1. The number of hydrogen-bond acceptors (Lipinski definition) is 17. The molecule has 0 saturated carbocycles. The SMILES string of the molecule is Cc1n[nH]c(Nc2ncnc3cc(OCCOc4cnc(N5CCC6(CCN(C[C@H]7CN(C(=O)OC(C)(C)C)[C@H](C)CN7CC(=O)N7CC(C)(C)c8ncc(Cc9ccc(F)cc9)cc87)CC6)CC5)nc4)c(S(=O)(=O)C(C)(C)C)cc23)c1C. The molecule has 20 nitrogen and oxygen atoms in total. The van der Waals surface area contributed by atoms with Crippen molar-refractivity contribution in [2.45, 2.75) is 141 Å². The summed E-state index contributed by atoms with van der Waals surface area (Å²) in [5, 5.41) is 11.0. The number of rotatable bonds is 15. The van der Waals surface area contributed by atoms with Crippen molar-refractivity contribution < 1.29 is 36.6 Å². The topological polar surface area (TPSA) is 217 Å². The summed E-state index contributed by atoms with van der Waals surface area (Å²) in [5.74, 6) is 2.07. The lowest BCUT2D eigenvalue weighted by atomic mass is 9.71. The molecule has 444 valence electrons. The van der Waals surface area contributed by atoms with Crippen molar-refractivity contribution in [2.24, 2.45) is 5.41 Å². The summed E-state index contributed by atoms with van der Waals surface area (Å²) in [4.78, 5) is 62.3. The maximum Gasteiger partial charge on any atom is 0.410 e. The van der Waals surface area contributed by atoms with Crippen LogP contribution in [0.25, 0.3) is 10.9 Å². The first kappa shape index (κ1) is 59.1. The van der Waals surface area contributed by atoms with Crippen LogP contribution in [0.1, 0.15) is 116 Å².